The van der Waals surface area contributed by atoms with E-state index in [9.17, 15) is 14.4 Å². The molecule has 2 N–H and O–H groups in total. The van der Waals surface area contributed by atoms with Crippen LogP contribution in [0.15, 0.2) is 44.7 Å². The molecule has 0 spiro atoms. The number of carbonyl (C=O) groups excluding carboxylic acids is 1. The Labute approximate surface area is 120 Å². The highest BCUT2D eigenvalue weighted by atomic mass is 16.3. The number of amides is 1. The second-order valence-corrected chi connectivity index (χ2v) is 4.82. The number of carbonyl (C=O) groups is 1. The van der Waals surface area contributed by atoms with Crippen molar-refractivity contribution in [2.75, 3.05) is 0 Å². The van der Waals surface area contributed by atoms with E-state index >= 15 is 0 Å². The highest BCUT2D eigenvalue weighted by Crippen LogP contribution is 2.05. The van der Waals surface area contributed by atoms with E-state index in [4.69, 9.17) is 4.42 Å². The molecule has 1 amide bonds. The molecule has 0 unspecified atom stereocenters. The van der Waals surface area contributed by atoms with Gasteiger partial charge in [0.2, 0.25) is 5.91 Å². The molecule has 0 aliphatic carbocycles. The molecule has 0 aromatic carbocycles. The Morgan fingerprint density at radius 3 is 2.90 bits per heavy atom. The minimum Gasteiger partial charge on any atom is -0.469 e. The van der Waals surface area contributed by atoms with Crippen LogP contribution in [0.5, 0.6) is 0 Å². The summed E-state index contributed by atoms with van der Waals surface area (Å²) in [6.07, 6.45) is 4.38. The van der Waals surface area contributed by atoms with E-state index in [1.807, 2.05) is 19.1 Å². The van der Waals surface area contributed by atoms with Crippen molar-refractivity contribution in [3.05, 3.63) is 57.3 Å². The first-order valence-corrected chi connectivity index (χ1v) is 6.66. The number of hydrogen-bond acceptors (Lipinski definition) is 4. The predicted molar refractivity (Wildman–Crippen MR) is 76.0 cm³/mol. The van der Waals surface area contributed by atoms with E-state index in [1.54, 1.807) is 6.26 Å². The summed E-state index contributed by atoms with van der Waals surface area (Å²) in [4.78, 5) is 36.3. The van der Waals surface area contributed by atoms with Crippen molar-refractivity contribution in [3.63, 3.8) is 0 Å². The maximum Gasteiger partial charge on any atom is 0.328 e. The number of furan rings is 1. The zero-order chi connectivity index (χ0) is 15.2. The van der Waals surface area contributed by atoms with Crippen LogP contribution in [-0.2, 0) is 17.8 Å². The van der Waals surface area contributed by atoms with Crippen molar-refractivity contribution in [1.82, 2.24) is 14.9 Å². The molecular weight excluding hydrogens is 274 g/mol. The Kier molecular flexibility index (Phi) is 4.76. The lowest BCUT2D eigenvalue weighted by atomic mass is 10.1. The van der Waals surface area contributed by atoms with Gasteiger partial charge in [-0.25, -0.2) is 4.79 Å². The van der Waals surface area contributed by atoms with E-state index in [2.05, 4.69) is 10.3 Å². The smallest absolute Gasteiger partial charge is 0.328 e. The van der Waals surface area contributed by atoms with Gasteiger partial charge in [0.25, 0.3) is 5.56 Å². The SMILES string of the molecule is C[C@H](CCc1ccco1)NC(=O)Cn1ccc(=O)[nH]c1=O. The van der Waals surface area contributed by atoms with Gasteiger partial charge in [0, 0.05) is 24.7 Å². The average Bonchev–Trinajstić information content (AvgIpc) is 2.93. The number of aromatic amines is 1. The molecule has 0 aliphatic heterocycles. The second kappa shape index (κ2) is 6.74. The van der Waals surface area contributed by atoms with Gasteiger partial charge in [0.15, 0.2) is 0 Å². The number of H-pyrrole nitrogens is 1. The summed E-state index contributed by atoms with van der Waals surface area (Å²) in [6.45, 7) is 1.76. The molecule has 2 aromatic heterocycles. The zero-order valence-corrected chi connectivity index (χ0v) is 11.7. The van der Waals surface area contributed by atoms with Crippen LogP contribution in [0.3, 0.4) is 0 Å². The van der Waals surface area contributed by atoms with E-state index in [-0.39, 0.29) is 18.5 Å². The van der Waals surface area contributed by atoms with Gasteiger partial charge >= 0.3 is 5.69 Å². The van der Waals surface area contributed by atoms with Gasteiger partial charge in [0.05, 0.1) is 6.26 Å². The summed E-state index contributed by atoms with van der Waals surface area (Å²) in [7, 11) is 0. The van der Waals surface area contributed by atoms with Gasteiger partial charge in [-0.15, -0.1) is 0 Å². The fraction of sp³-hybridized carbons (Fsp3) is 0.357. The van der Waals surface area contributed by atoms with Gasteiger partial charge < -0.3 is 9.73 Å². The topological polar surface area (TPSA) is 97.1 Å². The molecule has 7 nitrogen and oxygen atoms in total. The Balaban J connectivity index is 1.83. The molecule has 0 bridgehead atoms. The highest BCUT2D eigenvalue weighted by Gasteiger charge is 2.09. The largest absolute Gasteiger partial charge is 0.469 e. The first-order chi connectivity index (χ1) is 10.0. The molecular formula is C14H17N3O4. The summed E-state index contributed by atoms with van der Waals surface area (Å²) in [6, 6.07) is 4.87. The lowest BCUT2D eigenvalue weighted by Crippen LogP contribution is -2.39. The molecule has 2 aromatic rings. The molecule has 2 heterocycles. The van der Waals surface area contributed by atoms with Crippen LogP contribution in [0, 0.1) is 0 Å². The van der Waals surface area contributed by atoms with Crippen molar-refractivity contribution in [2.45, 2.75) is 32.4 Å². The van der Waals surface area contributed by atoms with Gasteiger partial charge in [-0.3, -0.25) is 19.1 Å². The normalized spacial score (nSPS) is 12.0. The van der Waals surface area contributed by atoms with Crippen LogP contribution in [0.2, 0.25) is 0 Å². The Morgan fingerprint density at radius 2 is 2.24 bits per heavy atom. The third-order valence-corrected chi connectivity index (χ3v) is 3.02. The van der Waals surface area contributed by atoms with E-state index in [0.29, 0.717) is 0 Å². The third-order valence-electron chi connectivity index (χ3n) is 3.02. The number of aryl methyl sites for hydroxylation is 1. The molecule has 112 valence electrons. The van der Waals surface area contributed by atoms with Gasteiger partial charge in [-0.2, -0.15) is 0 Å². The monoisotopic (exact) mass is 291 g/mol. The van der Waals surface area contributed by atoms with Crippen LogP contribution in [0.25, 0.3) is 0 Å². The number of rotatable bonds is 6. The van der Waals surface area contributed by atoms with Crippen LogP contribution < -0.4 is 16.6 Å². The number of nitrogens with zero attached hydrogens (tertiary/aromatic N) is 1. The molecule has 2 rings (SSSR count). The van der Waals surface area contributed by atoms with Crippen molar-refractivity contribution in [2.24, 2.45) is 0 Å². The quantitative estimate of drug-likeness (QED) is 0.798. The third kappa shape index (κ3) is 4.48. The molecule has 0 saturated carbocycles. The van der Waals surface area contributed by atoms with Crippen LogP contribution in [0.4, 0.5) is 0 Å². The molecule has 0 saturated heterocycles. The maximum atomic E-state index is 11.8. The van der Waals surface area contributed by atoms with E-state index in [1.165, 1.54) is 12.3 Å². The number of aromatic nitrogens is 2. The first-order valence-electron chi connectivity index (χ1n) is 6.66. The van der Waals surface area contributed by atoms with Crippen LogP contribution in [-0.4, -0.2) is 21.5 Å². The molecule has 0 fully saturated rings. The van der Waals surface area contributed by atoms with Gasteiger partial charge in [0.1, 0.15) is 12.3 Å². The van der Waals surface area contributed by atoms with E-state index in [0.717, 1.165) is 23.2 Å². The van der Waals surface area contributed by atoms with Crippen LogP contribution >= 0.6 is 0 Å². The minimum absolute atomic E-state index is 0.0407. The summed E-state index contributed by atoms with van der Waals surface area (Å²) in [5.41, 5.74) is -1.08. The molecule has 0 radical (unpaired) electrons. The lowest BCUT2D eigenvalue weighted by molar-refractivity contribution is -0.122. The van der Waals surface area contributed by atoms with Crippen molar-refractivity contribution < 1.29 is 9.21 Å². The predicted octanol–water partition coefficient (Wildman–Crippen LogP) is 0.267. The number of nitrogens with one attached hydrogen (secondary N) is 2. The minimum atomic E-state index is -0.596. The lowest BCUT2D eigenvalue weighted by Gasteiger charge is -2.13. The average molecular weight is 291 g/mol. The molecule has 7 heteroatoms. The van der Waals surface area contributed by atoms with Gasteiger partial charge in [-0.05, 0) is 25.5 Å². The summed E-state index contributed by atoms with van der Waals surface area (Å²) >= 11 is 0. The standard InChI is InChI=1S/C14H17N3O4/c1-10(4-5-11-3-2-8-21-11)15-13(19)9-17-7-6-12(18)16-14(17)20/h2-3,6-8,10H,4-5,9H2,1H3,(H,15,19)(H,16,18,20)/t10-/m1/s1. The molecule has 0 aliphatic rings. The van der Waals surface area contributed by atoms with Crippen molar-refractivity contribution in [1.29, 1.82) is 0 Å². The van der Waals surface area contributed by atoms with Crippen molar-refractivity contribution >= 4 is 5.91 Å². The second-order valence-electron chi connectivity index (χ2n) is 4.82. The fourth-order valence-corrected chi connectivity index (χ4v) is 1.93. The Bertz CT molecular complexity index is 700. The molecule has 1 atom stereocenters. The summed E-state index contributed by atoms with van der Waals surface area (Å²) < 4.78 is 6.37. The van der Waals surface area contributed by atoms with Crippen molar-refractivity contribution in [3.8, 4) is 0 Å². The fourth-order valence-electron chi connectivity index (χ4n) is 1.93. The first kappa shape index (κ1) is 14.8. The highest BCUT2D eigenvalue weighted by molar-refractivity contribution is 5.75. The van der Waals surface area contributed by atoms with Crippen LogP contribution in [0.1, 0.15) is 19.1 Å². The maximum absolute atomic E-state index is 11.8. The Morgan fingerprint density at radius 1 is 1.43 bits per heavy atom. The Hall–Kier alpha value is -2.57. The summed E-state index contributed by atoms with van der Waals surface area (Å²) in [5.74, 6) is 0.587. The number of hydrogen-bond donors (Lipinski definition) is 2. The summed E-state index contributed by atoms with van der Waals surface area (Å²) in [5, 5.41) is 2.80. The zero-order valence-electron chi connectivity index (χ0n) is 11.7. The molecule has 21 heavy (non-hydrogen) atoms. The van der Waals surface area contributed by atoms with Gasteiger partial charge in [-0.1, -0.05) is 0 Å². The van der Waals surface area contributed by atoms with E-state index < -0.39 is 11.2 Å².